The van der Waals surface area contributed by atoms with Gasteiger partial charge in [-0.1, -0.05) is 55.5 Å². The van der Waals surface area contributed by atoms with E-state index in [1.54, 1.807) is 6.08 Å². The van der Waals surface area contributed by atoms with Crippen molar-refractivity contribution in [2.24, 2.45) is 11.0 Å². The Kier molecular flexibility index (Phi) is 4.28. The van der Waals surface area contributed by atoms with E-state index in [1.807, 2.05) is 42.5 Å². The Morgan fingerprint density at radius 3 is 2.77 bits per heavy atom. The molecule has 2 aromatic carbocycles. The van der Waals surface area contributed by atoms with E-state index >= 15 is 0 Å². The highest BCUT2D eigenvalue weighted by molar-refractivity contribution is 6.07. The Hall–Kier alpha value is -3.67. The van der Waals surface area contributed by atoms with Crippen LogP contribution in [0.4, 0.5) is 10.3 Å². The second-order valence-corrected chi connectivity index (χ2v) is 7.83. The van der Waals surface area contributed by atoms with E-state index in [0.29, 0.717) is 12.4 Å². The van der Waals surface area contributed by atoms with Crippen molar-refractivity contribution in [1.82, 2.24) is 15.4 Å². The maximum Gasteiger partial charge on any atom is 0.198 e. The second-order valence-electron chi connectivity index (χ2n) is 7.83. The predicted octanol–water partition coefficient (Wildman–Crippen LogP) is 5.03. The van der Waals surface area contributed by atoms with Crippen LogP contribution in [0.2, 0.25) is 0 Å². The highest BCUT2D eigenvalue weighted by Gasteiger charge is 2.31. The SMILES string of the molecule is C=C1NN=C(CC2=CC=C(F)C(c3ccc4nc(N)[nH]c4c3)C2C)c2ccccc21. The van der Waals surface area contributed by atoms with Crippen molar-refractivity contribution in [3.05, 3.63) is 89.3 Å². The van der Waals surface area contributed by atoms with Gasteiger partial charge in [-0.25, -0.2) is 9.37 Å². The zero-order chi connectivity index (χ0) is 20.8. The number of hydrogen-bond acceptors (Lipinski definition) is 4. The molecule has 150 valence electrons. The van der Waals surface area contributed by atoms with Crippen LogP contribution in [-0.4, -0.2) is 15.7 Å². The van der Waals surface area contributed by atoms with Gasteiger partial charge < -0.3 is 10.7 Å². The maximum atomic E-state index is 14.9. The number of rotatable bonds is 3. The Balaban J connectivity index is 1.47. The molecule has 0 bridgehead atoms. The van der Waals surface area contributed by atoms with Crippen molar-refractivity contribution in [2.45, 2.75) is 19.3 Å². The number of nitrogens with two attached hydrogens (primary N) is 1. The van der Waals surface area contributed by atoms with E-state index in [4.69, 9.17) is 5.73 Å². The molecule has 1 aliphatic heterocycles. The zero-order valence-electron chi connectivity index (χ0n) is 16.6. The van der Waals surface area contributed by atoms with E-state index in [9.17, 15) is 4.39 Å². The van der Waals surface area contributed by atoms with Crippen LogP contribution in [0.25, 0.3) is 16.7 Å². The summed E-state index contributed by atoms with van der Waals surface area (Å²) < 4.78 is 14.9. The average Bonchev–Trinajstić information content (AvgIpc) is 3.11. The van der Waals surface area contributed by atoms with Gasteiger partial charge in [-0.3, -0.25) is 5.43 Å². The van der Waals surface area contributed by atoms with Gasteiger partial charge in [-0.2, -0.15) is 5.10 Å². The van der Waals surface area contributed by atoms with Crippen LogP contribution in [0.1, 0.15) is 36.0 Å². The van der Waals surface area contributed by atoms with Gasteiger partial charge in [-0.05, 0) is 29.7 Å². The largest absolute Gasteiger partial charge is 0.369 e. The van der Waals surface area contributed by atoms with Gasteiger partial charge in [-0.15, -0.1) is 0 Å². The highest BCUT2D eigenvalue weighted by Crippen LogP contribution is 2.42. The fourth-order valence-electron chi connectivity index (χ4n) is 4.38. The van der Waals surface area contributed by atoms with Crippen LogP contribution in [0.3, 0.4) is 0 Å². The van der Waals surface area contributed by atoms with Crippen LogP contribution in [0.15, 0.2) is 77.7 Å². The van der Waals surface area contributed by atoms with Crippen molar-refractivity contribution < 1.29 is 4.39 Å². The molecule has 0 amide bonds. The fraction of sp³-hybridized carbons (Fsp3) is 0.167. The van der Waals surface area contributed by atoms with Crippen LogP contribution in [0.5, 0.6) is 0 Å². The number of nitrogens with one attached hydrogen (secondary N) is 2. The van der Waals surface area contributed by atoms with Gasteiger partial charge in [0.15, 0.2) is 5.95 Å². The third kappa shape index (κ3) is 3.01. The molecule has 5 rings (SSSR count). The molecule has 0 saturated carbocycles. The number of hydrazone groups is 1. The number of H-pyrrole nitrogens is 1. The van der Waals surface area contributed by atoms with Crippen molar-refractivity contribution in [1.29, 1.82) is 0 Å². The molecule has 2 unspecified atom stereocenters. The van der Waals surface area contributed by atoms with Gasteiger partial charge in [0, 0.05) is 23.5 Å². The number of aromatic nitrogens is 2. The van der Waals surface area contributed by atoms with Gasteiger partial charge >= 0.3 is 0 Å². The van der Waals surface area contributed by atoms with Crippen molar-refractivity contribution >= 4 is 28.4 Å². The summed E-state index contributed by atoms with van der Waals surface area (Å²) in [4.78, 5) is 7.26. The lowest BCUT2D eigenvalue weighted by Crippen LogP contribution is -2.23. The van der Waals surface area contributed by atoms with E-state index in [0.717, 1.165) is 44.7 Å². The highest BCUT2D eigenvalue weighted by atomic mass is 19.1. The summed E-state index contributed by atoms with van der Waals surface area (Å²) in [7, 11) is 0. The molecule has 2 atom stereocenters. The second kappa shape index (κ2) is 6.99. The number of anilines is 1. The number of nitrogen functional groups attached to an aromatic ring is 1. The van der Waals surface area contributed by atoms with Crippen LogP contribution in [-0.2, 0) is 0 Å². The molecule has 0 saturated heterocycles. The van der Waals surface area contributed by atoms with Gasteiger partial charge in [0.2, 0.25) is 0 Å². The minimum atomic E-state index is -0.360. The summed E-state index contributed by atoms with van der Waals surface area (Å²) in [6, 6.07) is 13.8. The topological polar surface area (TPSA) is 79.1 Å². The van der Waals surface area contributed by atoms with Gasteiger partial charge in [0.1, 0.15) is 5.83 Å². The standard InChI is InChI=1S/C24H22FN5/c1-13-15(11-21-18-6-4-3-5-17(18)14(2)29-30-21)7-9-19(25)23(13)16-8-10-20-22(12-16)28-24(26)27-20/h3-10,12-13,23,29H,2,11H2,1H3,(H3,26,27,28). The van der Waals surface area contributed by atoms with Crippen molar-refractivity contribution in [2.75, 3.05) is 5.73 Å². The molecule has 3 aromatic rings. The minimum Gasteiger partial charge on any atom is -0.369 e. The summed E-state index contributed by atoms with van der Waals surface area (Å²) in [6.07, 6.45) is 4.10. The number of imidazole rings is 1. The summed E-state index contributed by atoms with van der Waals surface area (Å²) in [5.74, 6) is -0.164. The molecule has 2 heterocycles. The first-order valence-corrected chi connectivity index (χ1v) is 9.94. The average molecular weight is 399 g/mol. The molecule has 0 radical (unpaired) electrons. The van der Waals surface area contributed by atoms with Crippen molar-refractivity contribution in [3.63, 3.8) is 0 Å². The third-order valence-electron chi connectivity index (χ3n) is 5.98. The van der Waals surface area contributed by atoms with E-state index in [1.165, 1.54) is 0 Å². The lowest BCUT2D eigenvalue weighted by Gasteiger charge is -2.30. The fourth-order valence-corrected chi connectivity index (χ4v) is 4.38. The molecule has 6 heteroatoms. The lowest BCUT2D eigenvalue weighted by atomic mass is 9.76. The van der Waals surface area contributed by atoms with E-state index in [2.05, 4.69) is 40.1 Å². The monoisotopic (exact) mass is 399 g/mol. The first kappa shape index (κ1) is 18.4. The number of allylic oxidation sites excluding steroid dienone is 4. The summed E-state index contributed by atoms with van der Waals surface area (Å²) in [6.45, 7) is 6.10. The Morgan fingerprint density at radius 2 is 1.93 bits per heavy atom. The summed E-state index contributed by atoms with van der Waals surface area (Å²) in [5.41, 5.74) is 16.2. The van der Waals surface area contributed by atoms with E-state index in [-0.39, 0.29) is 17.7 Å². The molecule has 30 heavy (non-hydrogen) atoms. The zero-order valence-corrected chi connectivity index (χ0v) is 16.6. The molecule has 1 aliphatic carbocycles. The Labute approximate surface area is 173 Å². The first-order chi connectivity index (χ1) is 14.5. The molecule has 1 aromatic heterocycles. The lowest BCUT2D eigenvalue weighted by molar-refractivity contribution is 0.458. The van der Waals surface area contributed by atoms with Crippen LogP contribution < -0.4 is 11.2 Å². The van der Waals surface area contributed by atoms with E-state index < -0.39 is 0 Å². The first-order valence-electron chi connectivity index (χ1n) is 9.94. The quantitative estimate of drug-likeness (QED) is 0.578. The Morgan fingerprint density at radius 1 is 1.13 bits per heavy atom. The van der Waals surface area contributed by atoms with Crippen LogP contribution >= 0.6 is 0 Å². The van der Waals surface area contributed by atoms with Gasteiger partial charge in [0.25, 0.3) is 0 Å². The third-order valence-corrected chi connectivity index (χ3v) is 5.98. The van der Waals surface area contributed by atoms with Gasteiger partial charge in [0.05, 0.1) is 22.4 Å². The number of nitrogens with zero attached hydrogens (tertiary/aromatic N) is 2. The summed E-state index contributed by atoms with van der Waals surface area (Å²) >= 11 is 0. The molecule has 4 N–H and O–H groups in total. The summed E-state index contributed by atoms with van der Waals surface area (Å²) in [5, 5.41) is 4.53. The molecule has 0 spiro atoms. The normalized spacial score (nSPS) is 20.9. The number of fused-ring (bicyclic) bond motifs is 2. The molecular weight excluding hydrogens is 377 g/mol. The maximum absolute atomic E-state index is 14.9. The number of hydrogen-bond donors (Lipinski definition) is 3. The smallest absolute Gasteiger partial charge is 0.198 e. The molecule has 5 nitrogen and oxygen atoms in total. The van der Waals surface area contributed by atoms with Crippen molar-refractivity contribution in [3.8, 4) is 0 Å². The molecule has 0 fully saturated rings. The molecule has 2 aliphatic rings. The predicted molar refractivity (Wildman–Crippen MR) is 119 cm³/mol. The Bertz CT molecular complexity index is 1260. The van der Waals surface area contributed by atoms with Crippen LogP contribution in [0, 0.1) is 5.92 Å². The minimum absolute atomic E-state index is 0.0206. The number of benzene rings is 2. The molecular formula is C24H22FN5. The number of aromatic amines is 1. The number of halogens is 1.